The summed E-state index contributed by atoms with van der Waals surface area (Å²) in [7, 11) is 1.62. The van der Waals surface area contributed by atoms with Gasteiger partial charge < -0.3 is 15.2 Å². The molecule has 0 amide bonds. The molecule has 0 fully saturated rings. The van der Waals surface area contributed by atoms with E-state index in [9.17, 15) is 9.50 Å². The Hall–Kier alpha value is -1.62. The van der Waals surface area contributed by atoms with E-state index >= 15 is 0 Å². The van der Waals surface area contributed by atoms with Gasteiger partial charge in [-0.3, -0.25) is 0 Å². The topological polar surface area (TPSA) is 41.5 Å². The van der Waals surface area contributed by atoms with Crippen molar-refractivity contribution in [2.75, 3.05) is 13.7 Å². The molecule has 2 aromatic carbocycles. The maximum atomic E-state index is 13.9. The Kier molecular flexibility index (Phi) is 6.19. The predicted molar refractivity (Wildman–Crippen MR) is 85.8 cm³/mol. The smallest absolute Gasteiger partial charge is 0.145 e. The number of benzene rings is 2. The minimum atomic E-state index is -0.422. The first kappa shape index (κ1) is 16.7. The van der Waals surface area contributed by atoms with Crippen LogP contribution in [-0.2, 0) is 13.0 Å². The Balaban J connectivity index is 1.95. The van der Waals surface area contributed by atoms with Gasteiger partial charge in [0.05, 0.1) is 18.7 Å². The molecule has 2 N–H and O–H groups in total. The molecule has 3 nitrogen and oxygen atoms in total. The second kappa shape index (κ2) is 8.13. The summed E-state index contributed by atoms with van der Waals surface area (Å²) in [6, 6.07) is 12.3. The fraction of sp³-hybridized carbons (Fsp3) is 0.294. The van der Waals surface area contributed by atoms with Crippen LogP contribution in [0.25, 0.3) is 0 Å². The largest absolute Gasteiger partial charge is 0.497 e. The van der Waals surface area contributed by atoms with Crippen LogP contribution in [0.5, 0.6) is 5.75 Å². The first-order valence-corrected chi connectivity index (χ1v) is 7.42. The van der Waals surface area contributed by atoms with Crippen LogP contribution < -0.4 is 10.1 Å². The number of ether oxygens (including phenoxy) is 1. The van der Waals surface area contributed by atoms with Gasteiger partial charge in [-0.15, -0.1) is 0 Å². The third-order valence-electron chi connectivity index (χ3n) is 3.47. The lowest BCUT2D eigenvalue weighted by Crippen LogP contribution is -2.34. The molecule has 0 aromatic heterocycles. The lowest BCUT2D eigenvalue weighted by molar-refractivity contribution is 0.240. The van der Waals surface area contributed by atoms with E-state index in [0.717, 1.165) is 11.3 Å². The number of hydrogen-bond donors (Lipinski definition) is 2. The van der Waals surface area contributed by atoms with Gasteiger partial charge in [0.25, 0.3) is 0 Å². The molecular formula is C17H19ClFNO2. The zero-order valence-electron chi connectivity index (χ0n) is 12.4. The molecule has 0 aliphatic heterocycles. The zero-order valence-corrected chi connectivity index (χ0v) is 13.1. The molecule has 2 aromatic rings. The van der Waals surface area contributed by atoms with Crippen LogP contribution in [-0.4, -0.2) is 24.9 Å². The van der Waals surface area contributed by atoms with Gasteiger partial charge >= 0.3 is 0 Å². The minimum absolute atomic E-state index is 0.0812. The number of rotatable bonds is 7. The van der Waals surface area contributed by atoms with Crippen molar-refractivity contribution in [1.82, 2.24) is 5.32 Å². The van der Waals surface area contributed by atoms with E-state index in [-0.39, 0.29) is 17.7 Å². The Morgan fingerprint density at radius 1 is 1.23 bits per heavy atom. The fourth-order valence-electron chi connectivity index (χ4n) is 2.18. The molecule has 0 bridgehead atoms. The molecule has 22 heavy (non-hydrogen) atoms. The highest BCUT2D eigenvalue weighted by Crippen LogP contribution is 2.19. The van der Waals surface area contributed by atoms with E-state index in [1.54, 1.807) is 19.2 Å². The van der Waals surface area contributed by atoms with Crippen LogP contribution in [0.15, 0.2) is 42.5 Å². The Bertz CT molecular complexity index is 604. The highest BCUT2D eigenvalue weighted by Gasteiger charge is 2.13. The van der Waals surface area contributed by atoms with Crippen LogP contribution in [0, 0.1) is 5.82 Å². The summed E-state index contributed by atoms with van der Waals surface area (Å²) >= 11 is 5.77. The summed E-state index contributed by atoms with van der Waals surface area (Å²) in [5.41, 5.74) is 1.56. The average molecular weight is 324 g/mol. The summed E-state index contributed by atoms with van der Waals surface area (Å²) in [6.45, 7) is 0.500. The molecule has 0 aliphatic rings. The number of halogens is 2. The molecule has 0 unspecified atom stereocenters. The molecule has 0 saturated heterocycles. The lowest BCUT2D eigenvalue weighted by Gasteiger charge is -2.17. The van der Waals surface area contributed by atoms with Crippen molar-refractivity contribution in [3.63, 3.8) is 0 Å². The van der Waals surface area contributed by atoms with Gasteiger partial charge in [0.15, 0.2) is 0 Å². The molecular weight excluding hydrogens is 305 g/mol. The number of nitrogens with one attached hydrogen (secondary N) is 1. The Morgan fingerprint density at radius 2 is 1.95 bits per heavy atom. The van der Waals surface area contributed by atoms with Crippen LogP contribution in [0.3, 0.4) is 0 Å². The maximum Gasteiger partial charge on any atom is 0.145 e. The van der Waals surface area contributed by atoms with Gasteiger partial charge in [-0.25, -0.2) is 4.39 Å². The monoisotopic (exact) mass is 323 g/mol. The van der Waals surface area contributed by atoms with Crippen molar-refractivity contribution in [3.05, 3.63) is 64.4 Å². The maximum absolute atomic E-state index is 13.9. The van der Waals surface area contributed by atoms with Crippen molar-refractivity contribution in [3.8, 4) is 5.75 Å². The standard InChI is InChI=1S/C17H19ClFNO2/c1-22-15-7-5-12(6-8-15)10-20-14(11-21)9-13-3-2-4-16(18)17(13)19/h2-8,14,20-21H,9-11H2,1H3/t14-/m0/s1. The van der Waals surface area contributed by atoms with Gasteiger partial charge in [0.1, 0.15) is 11.6 Å². The van der Waals surface area contributed by atoms with Crippen molar-refractivity contribution < 1.29 is 14.2 Å². The van der Waals surface area contributed by atoms with E-state index in [1.807, 2.05) is 24.3 Å². The van der Waals surface area contributed by atoms with E-state index in [2.05, 4.69) is 5.32 Å². The number of aliphatic hydroxyl groups excluding tert-OH is 1. The summed E-state index contributed by atoms with van der Waals surface area (Å²) < 4.78 is 19.0. The van der Waals surface area contributed by atoms with E-state index < -0.39 is 5.82 Å². The predicted octanol–water partition coefficient (Wildman–Crippen LogP) is 3.18. The molecule has 1 atom stereocenters. The first-order chi connectivity index (χ1) is 10.6. The summed E-state index contributed by atoms with van der Waals surface area (Å²) in [5, 5.41) is 12.8. The molecule has 0 heterocycles. The van der Waals surface area contributed by atoms with Crippen molar-refractivity contribution in [1.29, 1.82) is 0 Å². The van der Waals surface area contributed by atoms with Gasteiger partial charge in [-0.1, -0.05) is 35.9 Å². The van der Waals surface area contributed by atoms with Gasteiger partial charge in [0.2, 0.25) is 0 Å². The number of hydrogen-bond acceptors (Lipinski definition) is 3. The third-order valence-corrected chi connectivity index (χ3v) is 3.76. The van der Waals surface area contributed by atoms with E-state index in [4.69, 9.17) is 16.3 Å². The molecule has 5 heteroatoms. The fourth-order valence-corrected chi connectivity index (χ4v) is 2.37. The van der Waals surface area contributed by atoms with Crippen LogP contribution in [0.1, 0.15) is 11.1 Å². The molecule has 2 rings (SSSR count). The van der Waals surface area contributed by atoms with Crippen molar-refractivity contribution in [2.45, 2.75) is 19.0 Å². The molecule has 0 radical (unpaired) electrons. The Labute approximate surface area is 134 Å². The van der Waals surface area contributed by atoms with Crippen LogP contribution in [0.4, 0.5) is 4.39 Å². The second-order valence-corrected chi connectivity index (χ2v) is 5.43. The molecule has 0 saturated carbocycles. The van der Waals surface area contributed by atoms with Gasteiger partial charge in [0, 0.05) is 12.6 Å². The summed E-state index contributed by atoms with van der Waals surface area (Å²) in [5.74, 6) is 0.373. The van der Waals surface area contributed by atoms with Gasteiger partial charge in [-0.2, -0.15) is 0 Å². The van der Waals surface area contributed by atoms with Crippen LogP contribution >= 0.6 is 11.6 Å². The van der Waals surface area contributed by atoms with E-state index in [0.29, 0.717) is 18.5 Å². The highest BCUT2D eigenvalue weighted by atomic mass is 35.5. The second-order valence-electron chi connectivity index (χ2n) is 5.03. The van der Waals surface area contributed by atoms with Crippen molar-refractivity contribution >= 4 is 11.6 Å². The summed E-state index contributed by atoms with van der Waals surface area (Å²) in [6.07, 6.45) is 0.374. The SMILES string of the molecule is COc1ccc(CN[C@H](CO)Cc2cccc(Cl)c2F)cc1. The quantitative estimate of drug-likeness (QED) is 0.822. The normalized spacial score (nSPS) is 12.2. The van der Waals surface area contributed by atoms with Gasteiger partial charge in [-0.05, 0) is 35.7 Å². The minimum Gasteiger partial charge on any atom is -0.497 e. The Morgan fingerprint density at radius 3 is 2.59 bits per heavy atom. The number of methoxy groups -OCH3 is 1. The zero-order chi connectivity index (χ0) is 15.9. The molecule has 0 aliphatic carbocycles. The van der Waals surface area contributed by atoms with Crippen LogP contribution in [0.2, 0.25) is 5.02 Å². The highest BCUT2D eigenvalue weighted by molar-refractivity contribution is 6.30. The van der Waals surface area contributed by atoms with Crippen molar-refractivity contribution in [2.24, 2.45) is 0 Å². The average Bonchev–Trinajstić information content (AvgIpc) is 2.55. The number of aliphatic hydroxyl groups is 1. The molecule has 118 valence electrons. The lowest BCUT2D eigenvalue weighted by atomic mass is 10.1. The third kappa shape index (κ3) is 4.44. The summed E-state index contributed by atoms with van der Waals surface area (Å²) in [4.78, 5) is 0. The molecule has 0 spiro atoms. The van der Waals surface area contributed by atoms with E-state index in [1.165, 1.54) is 6.07 Å². The first-order valence-electron chi connectivity index (χ1n) is 7.04.